The number of carbonyl (C=O) groups is 1. The molecule has 1 aliphatic heterocycles. The molecule has 8 heteroatoms. The molecule has 0 radical (unpaired) electrons. The molecule has 5 rings (SSSR count). The van der Waals surface area contributed by atoms with Crippen LogP contribution in [-0.4, -0.2) is 28.0 Å². The molecule has 0 saturated carbocycles. The molecular weight excluding hydrogens is 450 g/mol. The third kappa shape index (κ3) is 4.77. The van der Waals surface area contributed by atoms with Crippen molar-refractivity contribution in [3.63, 3.8) is 0 Å². The monoisotopic (exact) mass is 473 g/mol. The number of thioether (sulfide) groups is 1. The number of ether oxygens (including phenoxy) is 2. The van der Waals surface area contributed by atoms with Crippen LogP contribution in [0.5, 0.6) is 11.5 Å². The van der Waals surface area contributed by atoms with Crippen LogP contribution in [0, 0.1) is 6.92 Å². The lowest BCUT2D eigenvalue weighted by Gasteiger charge is -2.13. The largest absolute Gasteiger partial charge is 0.454 e. The zero-order chi connectivity index (χ0) is 23.5. The third-order valence-electron chi connectivity index (χ3n) is 5.55. The van der Waals surface area contributed by atoms with Crippen molar-refractivity contribution in [2.45, 2.75) is 25.2 Å². The lowest BCUT2D eigenvalue weighted by molar-refractivity contribution is -0.118. The molecule has 1 amide bonds. The molecule has 1 N–H and O–H groups in total. The molecule has 0 atom stereocenters. The van der Waals surface area contributed by atoms with Gasteiger partial charge in [0.1, 0.15) is 0 Å². The van der Waals surface area contributed by atoms with Crippen molar-refractivity contribution in [1.82, 2.24) is 14.9 Å². The maximum absolute atomic E-state index is 13.3. The van der Waals surface area contributed by atoms with Crippen LogP contribution in [0.2, 0.25) is 0 Å². The molecule has 172 valence electrons. The molecule has 1 aliphatic rings. The lowest BCUT2D eigenvalue weighted by Crippen LogP contribution is -2.27. The minimum Gasteiger partial charge on any atom is -0.454 e. The number of benzene rings is 3. The van der Waals surface area contributed by atoms with Crippen LogP contribution >= 0.6 is 11.8 Å². The highest BCUT2D eigenvalue weighted by molar-refractivity contribution is 7.99. The van der Waals surface area contributed by atoms with Crippen LogP contribution in [-0.2, 0) is 17.9 Å². The van der Waals surface area contributed by atoms with E-state index in [1.54, 1.807) is 10.6 Å². The summed E-state index contributed by atoms with van der Waals surface area (Å²) in [7, 11) is 0. The van der Waals surface area contributed by atoms with E-state index in [1.165, 1.54) is 11.8 Å². The normalized spacial score (nSPS) is 12.1. The van der Waals surface area contributed by atoms with Crippen molar-refractivity contribution in [3.8, 4) is 11.5 Å². The number of carbonyl (C=O) groups excluding carboxylic acids is 1. The van der Waals surface area contributed by atoms with Gasteiger partial charge in [-0.25, -0.2) is 4.98 Å². The Bertz CT molecular complexity index is 1420. The summed E-state index contributed by atoms with van der Waals surface area (Å²) in [5.41, 5.74) is 3.58. The van der Waals surface area contributed by atoms with Gasteiger partial charge in [0.15, 0.2) is 16.7 Å². The minimum atomic E-state index is -0.146. The van der Waals surface area contributed by atoms with Crippen LogP contribution in [0.1, 0.15) is 16.7 Å². The molecule has 34 heavy (non-hydrogen) atoms. The SMILES string of the molecule is Cc1ccc(Cn2c(SCC(=O)NCc3ccc4c(c3)OCO4)nc3ccccc3c2=O)cc1. The fourth-order valence-electron chi connectivity index (χ4n) is 3.71. The van der Waals surface area contributed by atoms with Crippen molar-refractivity contribution in [3.05, 3.63) is 93.8 Å². The van der Waals surface area contributed by atoms with E-state index in [0.29, 0.717) is 40.6 Å². The second kappa shape index (κ2) is 9.61. The molecule has 4 aromatic rings. The maximum atomic E-state index is 13.3. The van der Waals surface area contributed by atoms with Crippen molar-refractivity contribution < 1.29 is 14.3 Å². The van der Waals surface area contributed by atoms with Crippen molar-refractivity contribution in [2.75, 3.05) is 12.5 Å². The molecule has 7 nitrogen and oxygen atoms in total. The molecule has 0 spiro atoms. The molecule has 3 aromatic carbocycles. The summed E-state index contributed by atoms with van der Waals surface area (Å²) in [5, 5.41) is 3.99. The molecule has 0 fully saturated rings. The number of nitrogens with zero attached hydrogens (tertiary/aromatic N) is 2. The Balaban J connectivity index is 1.32. The molecule has 1 aromatic heterocycles. The van der Waals surface area contributed by atoms with E-state index in [9.17, 15) is 9.59 Å². The number of hydrogen-bond donors (Lipinski definition) is 1. The second-order valence-corrected chi connectivity index (χ2v) is 8.98. The Kier molecular flexibility index (Phi) is 6.22. The number of aryl methyl sites for hydroxylation is 1. The van der Waals surface area contributed by atoms with Gasteiger partial charge in [-0.1, -0.05) is 59.8 Å². The first-order valence-corrected chi connectivity index (χ1v) is 11.9. The Morgan fingerprint density at radius 2 is 1.79 bits per heavy atom. The van der Waals surface area contributed by atoms with Crippen LogP contribution in [0.4, 0.5) is 0 Å². The molecular formula is C26H23N3O4S. The standard InChI is InChI=1S/C26H23N3O4S/c1-17-6-8-18(9-7-17)14-29-25(31)20-4-2-3-5-21(20)28-26(29)34-15-24(30)27-13-19-10-11-22-23(12-19)33-16-32-22/h2-12H,13-16H2,1H3,(H,27,30). The van der Waals surface area contributed by atoms with Crippen LogP contribution in [0.3, 0.4) is 0 Å². The van der Waals surface area contributed by atoms with Gasteiger partial charge in [0.25, 0.3) is 5.56 Å². The summed E-state index contributed by atoms with van der Waals surface area (Å²) in [5.74, 6) is 1.39. The number of nitrogens with one attached hydrogen (secondary N) is 1. The van der Waals surface area contributed by atoms with E-state index in [2.05, 4.69) is 5.32 Å². The molecule has 0 unspecified atom stereocenters. The summed E-state index contributed by atoms with van der Waals surface area (Å²) in [4.78, 5) is 30.5. The highest BCUT2D eigenvalue weighted by Crippen LogP contribution is 2.32. The van der Waals surface area contributed by atoms with Gasteiger partial charge in [0.2, 0.25) is 12.7 Å². The van der Waals surface area contributed by atoms with E-state index < -0.39 is 0 Å². The Hall–Kier alpha value is -3.78. The average molecular weight is 474 g/mol. The zero-order valence-corrected chi connectivity index (χ0v) is 19.4. The van der Waals surface area contributed by atoms with Crippen molar-refractivity contribution >= 4 is 28.6 Å². The highest BCUT2D eigenvalue weighted by atomic mass is 32.2. The number of aromatic nitrogens is 2. The van der Waals surface area contributed by atoms with Gasteiger partial charge in [0.05, 0.1) is 23.2 Å². The highest BCUT2D eigenvalue weighted by Gasteiger charge is 2.15. The van der Waals surface area contributed by atoms with Gasteiger partial charge in [0, 0.05) is 6.54 Å². The summed E-state index contributed by atoms with van der Waals surface area (Å²) in [6, 6.07) is 20.9. The first-order chi connectivity index (χ1) is 16.6. The summed E-state index contributed by atoms with van der Waals surface area (Å²) in [6.07, 6.45) is 0. The van der Waals surface area contributed by atoms with E-state index in [1.807, 2.05) is 67.6 Å². The number of para-hydroxylation sites is 1. The molecule has 0 bridgehead atoms. The third-order valence-corrected chi connectivity index (χ3v) is 6.52. The van der Waals surface area contributed by atoms with E-state index >= 15 is 0 Å². The number of amides is 1. The van der Waals surface area contributed by atoms with Gasteiger partial charge in [-0.3, -0.25) is 14.2 Å². The Morgan fingerprint density at radius 3 is 2.65 bits per heavy atom. The van der Waals surface area contributed by atoms with Gasteiger partial charge in [-0.05, 0) is 42.3 Å². The quantitative estimate of drug-likeness (QED) is 0.324. The smallest absolute Gasteiger partial charge is 0.262 e. The molecule has 0 aliphatic carbocycles. The zero-order valence-electron chi connectivity index (χ0n) is 18.6. The predicted molar refractivity (Wildman–Crippen MR) is 131 cm³/mol. The number of hydrogen-bond acceptors (Lipinski definition) is 6. The van der Waals surface area contributed by atoms with Gasteiger partial charge in [-0.15, -0.1) is 0 Å². The minimum absolute atomic E-state index is 0.116. The van der Waals surface area contributed by atoms with E-state index in [4.69, 9.17) is 14.5 Å². The van der Waals surface area contributed by atoms with Crippen molar-refractivity contribution in [2.24, 2.45) is 0 Å². The summed E-state index contributed by atoms with van der Waals surface area (Å²) < 4.78 is 12.3. The lowest BCUT2D eigenvalue weighted by atomic mass is 10.1. The van der Waals surface area contributed by atoms with Crippen LogP contribution in [0.25, 0.3) is 10.9 Å². The Labute approximate surface area is 200 Å². The summed E-state index contributed by atoms with van der Waals surface area (Å²) >= 11 is 1.26. The first-order valence-electron chi connectivity index (χ1n) is 10.9. The van der Waals surface area contributed by atoms with Gasteiger partial charge in [-0.2, -0.15) is 0 Å². The van der Waals surface area contributed by atoms with Crippen LogP contribution < -0.4 is 20.3 Å². The average Bonchev–Trinajstić information content (AvgIpc) is 3.32. The van der Waals surface area contributed by atoms with E-state index in [-0.39, 0.29) is 24.0 Å². The van der Waals surface area contributed by atoms with Gasteiger partial charge < -0.3 is 14.8 Å². The topological polar surface area (TPSA) is 82.5 Å². The van der Waals surface area contributed by atoms with E-state index in [0.717, 1.165) is 16.7 Å². The Morgan fingerprint density at radius 1 is 1.03 bits per heavy atom. The fraction of sp³-hybridized carbons (Fsp3) is 0.192. The van der Waals surface area contributed by atoms with Crippen molar-refractivity contribution in [1.29, 1.82) is 0 Å². The maximum Gasteiger partial charge on any atom is 0.262 e. The predicted octanol–water partition coefficient (Wildman–Crippen LogP) is 3.89. The summed E-state index contributed by atoms with van der Waals surface area (Å²) in [6.45, 7) is 3.00. The first kappa shape index (κ1) is 22.0. The van der Waals surface area contributed by atoms with Crippen LogP contribution in [0.15, 0.2) is 76.7 Å². The number of fused-ring (bicyclic) bond motifs is 2. The van der Waals surface area contributed by atoms with Gasteiger partial charge >= 0.3 is 0 Å². The second-order valence-electron chi connectivity index (χ2n) is 8.04. The number of rotatable bonds is 7. The fourth-order valence-corrected chi connectivity index (χ4v) is 4.53. The molecule has 0 saturated heterocycles. The molecule has 2 heterocycles.